The summed E-state index contributed by atoms with van der Waals surface area (Å²) in [5.41, 5.74) is 3.22. The van der Waals surface area contributed by atoms with Gasteiger partial charge in [0.25, 0.3) is 0 Å². The molecule has 2 aromatic rings. The normalized spacial score (nSPS) is 16.7. The van der Waals surface area contributed by atoms with Crippen LogP contribution in [0.5, 0.6) is 0 Å². The molecule has 6 heteroatoms. The molecule has 0 saturated heterocycles. The van der Waals surface area contributed by atoms with Crippen molar-refractivity contribution in [3.63, 3.8) is 0 Å². The van der Waals surface area contributed by atoms with Crippen LogP contribution >= 0.6 is 0 Å². The summed E-state index contributed by atoms with van der Waals surface area (Å²) in [6.45, 7) is 0. The maximum absolute atomic E-state index is 7.89. The van der Waals surface area contributed by atoms with Crippen LogP contribution in [0.15, 0.2) is 58.5 Å². The van der Waals surface area contributed by atoms with Crippen molar-refractivity contribution < 1.29 is 29.6 Å². The van der Waals surface area contributed by atoms with Crippen LogP contribution in [0.1, 0.15) is 22.3 Å². The van der Waals surface area contributed by atoms with Gasteiger partial charge in [-0.2, -0.15) is 0 Å². The molecule has 0 spiro atoms. The van der Waals surface area contributed by atoms with Gasteiger partial charge in [-0.3, -0.25) is 5.41 Å². The Hall–Kier alpha value is -2.08. The largest absolute Gasteiger partial charge is 1.00 e. The number of benzene rings is 2. The van der Waals surface area contributed by atoms with E-state index in [9.17, 15) is 0 Å². The molecule has 0 aromatic heterocycles. The summed E-state index contributed by atoms with van der Waals surface area (Å²) in [6.07, 6.45) is 0. The van der Waals surface area contributed by atoms with E-state index in [1.54, 1.807) is 0 Å². The van der Waals surface area contributed by atoms with Crippen molar-refractivity contribution in [3.05, 3.63) is 76.1 Å². The molecule has 2 aromatic carbocycles. The van der Waals surface area contributed by atoms with Crippen LogP contribution in [-0.4, -0.2) is 23.3 Å². The molecule has 0 saturated carbocycles. The van der Waals surface area contributed by atoms with Gasteiger partial charge >= 0.3 is 29.6 Å². The second-order valence-electron chi connectivity index (χ2n) is 4.77. The van der Waals surface area contributed by atoms with Crippen LogP contribution in [0, 0.1) is 10.8 Å². The third-order valence-electron chi connectivity index (χ3n) is 3.49. The zero-order valence-electron chi connectivity index (χ0n) is 12.0. The molecule has 0 bridgehead atoms. The summed E-state index contributed by atoms with van der Waals surface area (Å²) in [7, 11) is 0. The minimum Gasteiger partial charge on any atom is -0.412 e. The molecular weight excluding hydrogens is 285 g/mol. The molecule has 0 amide bonds. The Morgan fingerprint density at radius 1 is 0.818 bits per heavy atom. The van der Waals surface area contributed by atoms with Gasteiger partial charge in [-0.15, -0.1) is 0 Å². The molecular formula is C16H10N5Na. The van der Waals surface area contributed by atoms with Gasteiger partial charge in [0.1, 0.15) is 0 Å². The molecule has 100 valence electrons. The molecule has 0 atom stereocenters. The number of aliphatic imine (C=N–C) groups is 2. The van der Waals surface area contributed by atoms with Gasteiger partial charge in [-0.05, 0) is 11.1 Å². The minimum atomic E-state index is 0. The number of rotatable bonds is 0. The molecule has 0 aliphatic carbocycles. The van der Waals surface area contributed by atoms with Gasteiger partial charge in [0.15, 0.2) is 5.84 Å². The number of nitrogens with one attached hydrogen (secondary N) is 2. The summed E-state index contributed by atoms with van der Waals surface area (Å²) < 4.78 is 0. The number of hydrogen-bond acceptors (Lipinski definition) is 3. The van der Waals surface area contributed by atoms with Crippen LogP contribution in [0.2, 0.25) is 0 Å². The van der Waals surface area contributed by atoms with Gasteiger partial charge in [-0.25, -0.2) is 4.99 Å². The van der Waals surface area contributed by atoms with Gasteiger partial charge < -0.3 is 15.7 Å². The van der Waals surface area contributed by atoms with Gasteiger partial charge in [0.05, 0.1) is 5.84 Å². The smallest absolute Gasteiger partial charge is 0.412 e. The fraction of sp³-hybridized carbons (Fsp3) is 0. The third kappa shape index (κ3) is 2.23. The van der Waals surface area contributed by atoms with Crippen molar-refractivity contribution in [1.82, 2.24) is 0 Å². The molecule has 5 nitrogen and oxygen atoms in total. The monoisotopic (exact) mass is 295 g/mol. The minimum absolute atomic E-state index is 0. The van der Waals surface area contributed by atoms with Gasteiger partial charge in [0.2, 0.25) is 0 Å². The first kappa shape index (κ1) is 14.8. The van der Waals surface area contributed by atoms with E-state index < -0.39 is 0 Å². The van der Waals surface area contributed by atoms with Crippen LogP contribution < -0.4 is 29.6 Å². The molecule has 0 radical (unpaired) electrons. The quantitative estimate of drug-likeness (QED) is 0.638. The third-order valence-corrected chi connectivity index (χ3v) is 3.49. The van der Waals surface area contributed by atoms with Crippen molar-refractivity contribution in [2.45, 2.75) is 0 Å². The predicted molar refractivity (Wildman–Crippen MR) is 83.0 cm³/mol. The molecule has 2 N–H and O–H groups in total. The fourth-order valence-corrected chi connectivity index (χ4v) is 2.49. The van der Waals surface area contributed by atoms with E-state index in [4.69, 9.17) is 10.8 Å². The molecule has 22 heavy (non-hydrogen) atoms. The van der Waals surface area contributed by atoms with E-state index in [1.807, 2.05) is 48.5 Å². The average molecular weight is 295 g/mol. The van der Waals surface area contributed by atoms with Crippen LogP contribution in [-0.2, 0) is 0 Å². The topological polar surface area (TPSA) is 86.5 Å². The molecule has 2 aliphatic heterocycles. The maximum Gasteiger partial charge on any atom is 1.00 e. The Morgan fingerprint density at radius 3 is 2.14 bits per heavy atom. The molecule has 4 rings (SSSR count). The van der Waals surface area contributed by atoms with Gasteiger partial charge in [-0.1, -0.05) is 48.5 Å². The maximum atomic E-state index is 7.89. The number of hydrogen-bond donors (Lipinski definition) is 2. The van der Waals surface area contributed by atoms with Crippen LogP contribution in [0.25, 0.3) is 5.32 Å². The Labute approximate surface area is 149 Å². The van der Waals surface area contributed by atoms with Crippen molar-refractivity contribution in [3.8, 4) is 0 Å². The Bertz CT molecular complexity index is 866. The summed E-state index contributed by atoms with van der Waals surface area (Å²) >= 11 is 0. The first-order chi connectivity index (χ1) is 10.2. The van der Waals surface area contributed by atoms with Crippen LogP contribution in [0.3, 0.4) is 0 Å². The summed E-state index contributed by atoms with van der Waals surface area (Å²) in [4.78, 5) is 8.68. The van der Waals surface area contributed by atoms with E-state index in [-0.39, 0.29) is 41.2 Å². The second kappa shape index (κ2) is 5.61. The fourth-order valence-electron chi connectivity index (χ4n) is 2.49. The molecule has 0 fully saturated rings. The van der Waals surface area contributed by atoms with Crippen molar-refractivity contribution in [2.24, 2.45) is 9.98 Å². The summed E-state index contributed by atoms with van der Waals surface area (Å²) in [6, 6.07) is 15.1. The van der Waals surface area contributed by atoms with E-state index >= 15 is 0 Å². The molecule has 0 unspecified atom stereocenters. The predicted octanol–water partition coefficient (Wildman–Crippen LogP) is -0.0644. The van der Waals surface area contributed by atoms with E-state index in [0.29, 0.717) is 11.7 Å². The number of fused-ring (bicyclic) bond motifs is 2. The van der Waals surface area contributed by atoms with E-state index in [1.165, 1.54) is 0 Å². The first-order valence-electron chi connectivity index (χ1n) is 6.50. The molecule has 2 heterocycles. The first-order valence-corrected chi connectivity index (χ1v) is 6.50. The number of amidine groups is 4. The Kier molecular flexibility index (Phi) is 3.78. The van der Waals surface area contributed by atoms with Crippen LogP contribution in [0.4, 0.5) is 0 Å². The van der Waals surface area contributed by atoms with E-state index in [0.717, 1.165) is 22.3 Å². The second-order valence-corrected chi connectivity index (χ2v) is 4.77. The number of nitrogens with zero attached hydrogens (tertiary/aromatic N) is 3. The average Bonchev–Trinajstić information content (AvgIpc) is 3.00. The summed E-state index contributed by atoms with van der Waals surface area (Å²) in [5, 5.41) is 20.0. The van der Waals surface area contributed by atoms with Gasteiger partial charge in [0, 0.05) is 22.8 Å². The zero-order chi connectivity index (χ0) is 14.4. The standard InChI is InChI=1S/C16H10N5.Na/c17-13-9-5-1-3-7-11(9)15(19-13)21-16-12-8-4-2-6-10(12)14(18)20-16;/h1-8H,(H2-,17,18,19,20,21);/q-1;+1. The zero-order valence-corrected chi connectivity index (χ0v) is 14.0. The summed E-state index contributed by atoms with van der Waals surface area (Å²) in [5.74, 6) is 1.40. The Balaban J connectivity index is 0.00000144. The van der Waals surface area contributed by atoms with E-state index in [2.05, 4.69) is 15.3 Å². The van der Waals surface area contributed by atoms with Crippen molar-refractivity contribution in [2.75, 3.05) is 0 Å². The molecule has 2 aliphatic rings. The Morgan fingerprint density at radius 2 is 1.41 bits per heavy atom. The van der Waals surface area contributed by atoms with Crippen molar-refractivity contribution in [1.29, 1.82) is 10.8 Å². The van der Waals surface area contributed by atoms with Crippen molar-refractivity contribution >= 4 is 23.3 Å². The SMILES string of the molecule is N=C1N=C(N=C2[N-]C(=N)c3ccccc32)c2ccccc21.[Na+].